The van der Waals surface area contributed by atoms with Gasteiger partial charge in [0.1, 0.15) is 24.2 Å². The Bertz CT molecular complexity index is 643. The van der Waals surface area contributed by atoms with E-state index in [1.807, 2.05) is 20.8 Å². The zero-order valence-corrected chi connectivity index (χ0v) is 20.5. The Morgan fingerprint density at radius 1 is 0.879 bits per heavy atom. The molecule has 0 rings (SSSR count). The molecule has 3 amide bonds. The van der Waals surface area contributed by atoms with Crippen LogP contribution in [0.4, 0.5) is 0 Å². The third-order valence-electron chi connectivity index (χ3n) is 5.52. The molecule has 0 fully saturated rings. The average molecular weight is 474 g/mol. The molecule has 0 spiro atoms. The van der Waals surface area contributed by atoms with Gasteiger partial charge in [0.05, 0.1) is 6.10 Å². The lowest BCUT2D eigenvalue weighted by molar-refractivity contribution is -0.143. The molecule has 0 radical (unpaired) electrons. The quantitative estimate of drug-likeness (QED) is 0.145. The molecule has 0 saturated carbocycles. The van der Waals surface area contributed by atoms with Crippen LogP contribution in [0.2, 0.25) is 0 Å². The van der Waals surface area contributed by atoms with Crippen LogP contribution in [0, 0.1) is 11.8 Å². The van der Waals surface area contributed by atoms with Gasteiger partial charge in [-0.15, -0.1) is 0 Å². The molecule has 0 aromatic carbocycles. The normalized spacial score (nSPS) is 16.8. The number of hydrogen-bond acceptors (Lipinski definition) is 7. The van der Waals surface area contributed by atoms with Crippen LogP contribution in [0.3, 0.4) is 0 Å². The van der Waals surface area contributed by atoms with Crippen molar-refractivity contribution < 1.29 is 29.4 Å². The van der Waals surface area contributed by atoms with E-state index in [0.717, 1.165) is 0 Å². The van der Waals surface area contributed by atoms with E-state index < -0.39 is 54.0 Å². The number of aliphatic carboxylic acids is 1. The number of carboxylic acids is 1. The highest BCUT2D eigenvalue weighted by Crippen LogP contribution is 2.12. The summed E-state index contributed by atoms with van der Waals surface area (Å²) in [7, 11) is 0. The number of carbonyl (C=O) groups excluding carboxylic acids is 3. The van der Waals surface area contributed by atoms with Gasteiger partial charge < -0.3 is 37.6 Å². The summed E-state index contributed by atoms with van der Waals surface area (Å²) in [4.78, 5) is 49.8. The van der Waals surface area contributed by atoms with Crippen molar-refractivity contribution in [2.24, 2.45) is 23.3 Å². The minimum atomic E-state index is -1.20. The van der Waals surface area contributed by atoms with Crippen molar-refractivity contribution in [3.63, 3.8) is 0 Å². The van der Waals surface area contributed by atoms with Crippen molar-refractivity contribution in [2.75, 3.05) is 6.54 Å². The number of unbranched alkanes of at least 4 members (excludes halogenated alkanes) is 1. The lowest BCUT2D eigenvalue weighted by Gasteiger charge is -2.29. The number of amides is 3. The number of carbonyl (C=O) groups is 4. The van der Waals surface area contributed by atoms with Crippen molar-refractivity contribution in [1.29, 1.82) is 0 Å². The fourth-order valence-corrected chi connectivity index (χ4v) is 3.16. The highest BCUT2D eigenvalue weighted by molar-refractivity contribution is 5.94. The van der Waals surface area contributed by atoms with Crippen LogP contribution < -0.4 is 27.4 Å². The van der Waals surface area contributed by atoms with E-state index in [-0.39, 0.29) is 24.7 Å². The van der Waals surface area contributed by atoms with E-state index in [4.69, 9.17) is 11.5 Å². The van der Waals surface area contributed by atoms with E-state index in [0.29, 0.717) is 25.8 Å². The number of carboxylic acid groups (broad SMARTS) is 1. The Labute approximate surface area is 196 Å². The van der Waals surface area contributed by atoms with E-state index in [1.165, 1.54) is 6.92 Å². The van der Waals surface area contributed by atoms with Crippen molar-refractivity contribution >= 4 is 23.7 Å². The van der Waals surface area contributed by atoms with Crippen molar-refractivity contribution in [3.05, 3.63) is 0 Å². The maximum absolute atomic E-state index is 13.0. The van der Waals surface area contributed by atoms with Gasteiger partial charge in [0, 0.05) is 0 Å². The van der Waals surface area contributed by atoms with Crippen molar-refractivity contribution in [2.45, 2.75) is 97.0 Å². The number of nitrogens with two attached hydrogens (primary N) is 2. The molecule has 0 heterocycles. The SMILES string of the molecule is CCC(C)C(NC(=O)C(CC(C)C)NC(=O)C(N)C(C)O)C(=O)NC(CCCCN)C(=O)O. The molecule has 6 atom stereocenters. The van der Waals surface area contributed by atoms with E-state index in [2.05, 4.69) is 16.0 Å². The summed E-state index contributed by atoms with van der Waals surface area (Å²) in [6.45, 7) is 9.17. The maximum Gasteiger partial charge on any atom is 0.326 e. The first-order valence-electron chi connectivity index (χ1n) is 11.6. The summed E-state index contributed by atoms with van der Waals surface area (Å²) in [6.07, 6.45) is 1.14. The fraction of sp³-hybridized carbons (Fsp3) is 0.818. The minimum Gasteiger partial charge on any atom is -0.480 e. The second-order valence-electron chi connectivity index (χ2n) is 9.01. The highest BCUT2D eigenvalue weighted by Gasteiger charge is 2.33. The summed E-state index contributed by atoms with van der Waals surface area (Å²) in [5.41, 5.74) is 11.1. The van der Waals surface area contributed by atoms with Gasteiger partial charge in [-0.2, -0.15) is 0 Å². The molecule has 0 aromatic heterocycles. The number of rotatable bonds is 16. The van der Waals surface area contributed by atoms with Gasteiger partial charge in [0.15, 0.2) is 0 Å². The van der Waals surface area contributed by atoms with E-state index in [1.54, 1.807) is 6.92 Å². The monoisotopic (exact) mass is 473 g/mol. The number of nitrogens with one attached hydrogen (secondary N) is 3. The molecular formula is C22H43N5O6. The van der Waals surface area contributed by atoms with Gasteiger partial charge in [-0.3, -0.25) is 14.4 Å². The standard InChI is InChI=1S/C22H43N5O6/c1-6-13(4)18(21(31)25-15(22(32)33)9-7-8-10-23)27-19(29)16(11-12(2)3)26-20(30)17(24)14(5)28/h12-18,28H,6-11,23-24H2,1-5H3,(H,25,31)(H,26,30)(H,27,29)(H,32,33). The summed E-state index contributed by atoms with van der Waals surface area (Å²) in [5, 5.41) is 26.8. The average Bonchev–Trinajstić information content (AvgIpc) is 2.74. The molecule has 0 aliphatic carbocycles. The predicted molar refractivity (Wildman–Crippen MR) is 125 cm³/mol. The van der Waals surface area contributed by atoms with Crippen LogP contribution in [-0.4, -0.2) is 70.7 Å². The van der Waals surface area contributed by atoms with Gasteiger partial charge >= 0.3 is 5.97 Å². The molecule has 0 saturated heterocycles. The molecule has 0 aliphatic rings. The van der Waals surface area contributed by atoms with Crippen LogP contribution in [0.5, 0.6) is 0 Å². The van der Waals surface area contributed by atoms with Gasteiger partial charge in [-0.25, -0.2) is 4.79 Å². The Hall–Kier alpha value is -2.24. The third kappa shape index (κ3) is 11.4. The Kier molecular flexibility index (Phi) is 14.5. The van der Waals surface area contributed by atoms with Crippen LogP contribution in [0.1, 0.15) is 66.7 Å². The molecule has 9 N–H and O–H groups in total. The maximum atomic E-state index is 13.0. The Morgan fingerprint density at radius 2 is 1.45 bits per heavy atom. The second-order valence-corrected chi connectivity index (χ2v) is 9.01. The summed E-state index contributed by atoms with van der Waals surface area (Å²) in [6, 6.07) is -4.26. The van der Waals surface area contributed by atoms with Crippen LogP contribution in [0.25, 0.3) is 0 Å². The van der Waals surface area contributed by atoms with E-state index in [9.17, 15) is 29.4 Å². The first-order chi connectivity index (χ1) is 15.3. The predicted octanol–water partition coefficient (Wildman–Crippen LogP) is -0.545. The summed E-state index contributed by atoms with van der Waals surface area (Å²) in [5.74, 6) is -3.27. The molecule has 0 bridgehead atoms. The minimum absolute atomic E-state index is 0.0404. The summed E-state index contributed by atoms with van der Waals surface area (Å²) < 4.78 is 0. The molecule has 6 unspecified atom stereocenters. The topological polar surface area (TPSA) is 197 Å². The number of aliphatic hydroxyl groups is 1. The zero-order chi connectivity index (χ0) is 25.7. The smallest absolute Gasteiger partial charge is 0.326 e. The van der Waals surface area contributed by atoms with Gasteiger partial charge in [0.25, 0.3) is 0 Å². The third-order valence-corrected chi connectivity index (χ3v) is 5.52. The van der Waals surface area contributed by atoms with E-state index >= 15 is 0 Å². The molecule has 192 valence electrons. The van der Waals surface area contributed by atoms with Gasteiger partial charge in [0.2, 0.25) is 17.7 Å². The molecule has 0 aliphatic heterocycles. The molecule has 11 heteroatoms. The molecule has 11 nitrogen and oxygen atoms in total. The first-order valence-corrected chi connectivity index (χ1v) is 11.6. The molecule has 0 aromatic rings. The summed E-state index contributed by atoms with van der Waals surface area (Å²) >= 11 is 0. The molecular weight excluding hydrogens is 430 g/mol. The van der Waals surface area contributed by atoms with Crippen molar-refractivity contribution in [1.82, 2.24) is 16.0 Å². The lowest BCUT2D eigenvalue weighted by atomic mass is 9.96. The highest BCUT2D eigenvalue weighted by atomic mass is 16.4. The van der Waals surface area contributed by atoms with Crippen LogP contribution in [0.15, 0.2) is 0 Å². The van der Waals surface area contributed by atoms with Crippen LogP contribution in [-0.2, 0) is 19.2 Å². The van der Waals surface area contributed by atoms with Gasteiger partial charge in [-0.1, -0.05) is 34.1 Å². The Balaban J connectivity index is 5.51. The van der Waals surface area contributed by atoms with Crippen LogP contribution >= 0.6 is 0 Å². The van der Waals surface area contributed by atoms with Crippen molar-refractivity contribution in [3.8, 4) is 0 Å². The fourth-order valence-electron chi connectivity index (χ4n) is 3.16. The molecule has 33 heavy (non-hydrogen) atoms. The second kappa shape index (κ2) is 15.6. The largest absolute Gasteiger partial charge is 0.480 e. The number of aliphatic hydroxyl groups excluding tert-OH is 1. The zero-order valence-electron chi connectivity index (χ0n) is 20.5. The first kappa shape index (κ1) is 30.8. The lowest BCUT2D eigenvalue weighted by Crippen LogP contribution is -2.59. The Morgan fingerprint density at radius 3 is 1.91 bits per heavy atom. The number of hydrogen-bond donors (Lipinski definition) is 7. The van der Waals surface area contributed by atoms with Gasteiger partial charge in [-0.05, 0) is 51.0 Å².